The van der Waals surface area contributed by atoms with Crippen LogP contribution in [0.15, 0.2) is 43.5 Å². The van der Waals surface area contributed by atoms with Gasteiger partial charge in [-0.15, -0.1) is 0 Å². The molecule has 0 fully saturated rings. The molecule has 1 heteroatoms. The molecule has 0 aliphatic rings. The SMILES string of the molecule is C=CC(=O)c1ccc(C=C)cc1. The monoisotopic (exact) mass is 158 g/mol. The Kier molecular flexibility index (Phi) is 2.59. The fourth-order valence-corrected chi connectivity index (χ4v) is 0.901. The van der Waals surface area contributed by atoms with E-state index in [9.17, 15) is 4.79 Å². The summed E-state index contributed by atoms with van der Waals surface area (Å²) in [6.07, 6.45) is 3.05. The average Bonchev–Trinajstić information content (AvgIpc) is 2.17. The van der Waals surface area contributed by atoms with Gasteiger partial charge in [0.15, 0.2) is 5.78 Å². The van der Waals surface area contributed by atoms with Gasteiger partial charge in [0.1, 0.15) is 0 Å². The molecule has 0 heterocycles. The van der Waals surface area contributed by atoms with E-state index in [1.54, 1.807) is 18.2 Å². The minimum absolute atomic E-state index is 0.0504. The van der Waals surface area contributed by atoms with Gasteiger partial charge in [0, 0.05) is 5.56 Å². The fraction of sp³-hybridized carbons (Fsp3) is 0. The van der Waals surface area contributed by atoms with E-state index in [1.807, 2.05) is 12.1 Å². The zero-order chi connectivity index (χ0) is 8.97. The van der Waals surface area contributed by atoms with Crippen LogP contribution in [0, 0.1) is 0 Å². The summed E-state index contributed by atoms with van der Waals surface area (Å²) < 4.78 is 0. The van der Waals surface area contributed by atoms with Crippen molar-refractivity contribution in [3.8, 4) is 0 Å². The first kappa shape index (κ1) is 8.47. The maximum absolute atomic E-state index is 11.1. The lowest BCUT2D eigenvalue weighted by Crippen LogP contribution is -1.92. The van der Waals surface area contributed by atoms with Crippen molar-refractivity contribution in [1.82, 2.24) is 0 Å². The van der Waals surface area contributed by atoms with E-state index in [4.69, 9.17) is 0 Å². The van der Waals surface area contributed by atoms with Gasteiger partial charge in [-0.1, -0.05) is 43.5 Å². The average molecular weight is 158 g/mol. The maximum atomic E-state index is 11.1. The summed E-state index contributed by atoms with van der Waals surface area (Å²) in [4.78, 5) is 11.1. The highest BCUT2D eigenvalue weighted by atomic mass is 16.1. The lowest BCUT2D eigenvalue weighted by molar-refractivity contribution is 0.104. The molecule has 0 N–H and O–H groups in total. The first-order valence-electron chi connectivity index (χ1n) is 3.67. The number of hydrogen-bond acceptors (Lipinski definition) is 1. The second-order valence-corrected chi connectivity index (χ2v) is 2.39. The van der Waals surface area contributed by atoms with Gasteiger partial charge in [-0.05, 0) is 11.6 Å². The Bertz CT molecular complexity index is 306. The van der Waals surface area contributed by atoms with Crippen LogP contribution >= 0.6 is 0 Å². The maximum Gasteiger partial charge on any atom is 0.185 e. The molecule has 0 spiro atoms. The number of carbonyl (C=O) groups is 1. The third-order valence-electron chi connectivity index (χ3n) is 1.62. The predicted octanol–water partition coefficient (Wildman–Crippen LogP) is 2.70. The van der Waals surface area contributed by atoms with Crippen LogP contribution in [0.25, 0.3) is 6.08 Å². The highest BCUT2D eigenvalue weighted by Crippen LogP contribution is 2.06. The molecule has 0 atom stereocenters. The van der Waals surface area contributed by atoms with E-state index in [0.717, 1.165) is 5.56 Å². The summed E-state index contributed by atoms with van der Waals surface area (Å²) >= 11 is 0. The Morgan fingerprint density at radius 3 is 2.17 bits per heavy atom. The Morgan fingerprint density at radius 2 is 1.75 bits per heavy atom. The van der Waals surface area contributed by atoms with Gasteiger partial charge in [0.25, 0.3) is 0 Å². The summed E-state index contributed by atoms with van der Waals surface area (Å²) in [5.74, 6) is -0.0504. The predicted molar refractivity (Wildman–Crippen MR) is 51.1 cm³/mol. The minimum atomic E-state index is -0.0504. The van der Waals surface area contributed by atoms with Gasteiger partial charge in [0.2, 0.25) is 0 Å². The Morgan fingerprint density at radius 1 is 1.17 bits per heavy atom. The molecule has 12 heavy (non-hydrogen) atoms. The third-order valence-corrected chi connectivity index (χ3v) is 1.62. The van der Waals surface area contributed by atoms with E-state index < -0.39 is 0 Å². The van der Waals surface area contributed by atoms with Crippen LogP contribution in [-0.2, 0) is 0 Å². The molecule has 0 saturated heterocycles. The van der Waals surface area contributed by atoms with Crippen molar-refractivity contribution in [2.45, 2.75) is 0 Å². The Balaban J connectivity index is 2.99. The van der Waals surface area contributed by atoms with Crippen molar-refractivity contribution in [1.29, 1.82) is 0 Å². The zero-order valence-electron chi connectivity index (χ0n) is 6.79. The van der Waals surface area contributed by atoms with Gasteiger partial charge in [0.05, 0.1) is 0 Å². The number of carbonyl (C=O) groups excluding carboxylic acids is 1. The topological polar surface area (TPSA) is 17.1 Å². The summed E-state index contributed by atoms with van der Waals surface area (Å²) in [7, 11) is 0. The number of rotatable bonds is 3. The molecule has 0 aliphatic heterocycles. The second kappa shape index (κ2) is 3.67. The fourth-order valence-electron chi connectivity index (χ4n) is 0.901. The highest BCUT2D eigenvalue weighted by molar-refractivity contribution is 6.04. The van der Waals surface area contributed by atoms with Crippen molar-refractivity contribution in [3.05, 3.63) is 54.6 Å². The van der Waals surface area contributed by atoms with Crippen molar-refractivity contribution in [2.75, 3.05) is 0 Å². The molecule has 1 aromatic rings. The molecule has 1 aromatic carbocycles. The lowest BCUT2D eigenvalue weighted by atomic mass is 10.1. The van der Waals surface area contributed by atoms with Crippen molar-refractivity contribution >= 4 is 11.9 Å². The zero-order valence-corrected chi connectivity index (χ0v) is 6.79. The summed E-state index contributed by atoms with van der Waals surface area (Å²) in [5.41, 5.74) is 1.67. The van der Waals surface area contributed by atoms with E-state index in [0.29, 0.717) is 5.56 Å². The standard InChI is InChI=1S/C11H10O/c1-3-9-5-7-10(8-6-9)11(12)4-2/h3-8H,1-2H2. The molecule has 0 bridgehead atoms. The van der Waals surface area contributed by atoms with Gasteiger partial charge in [-0.2, -0.15) is 0 Å². The van der Waals surface area contributed by atoms with Crippen LogP contribution in [0.5, 0.6) is 0 Å². The number of ketones is 1. The Labute approximate surface area is 72.0 Å². The number of allylic oxidation sites excluding steroid dienone is 1. The smallest absolute Gasteiger partial charge is 0.185 e. The third kappa shape index (κ3) is 1.70. The van der Waals surface area contributed by atoms with E-state index >= 15 is 0 Å². The van der Waals surface area contributed by atoms with E-state index in [1.165, 1.54) is 6.08 Å². The molecule has 1 rings (SSSR count). The molecule has 0 aromatic heterocycles. The summed E-state index contributed by atoms with van der Waals surface area (Å²) in [6.45, 7) is 7.03. The van der Waals surface area contributed by atoms with E-state index in [-0.39, 0.29) is 5.78 Å². The molecule has 0 saturated carbocycles. The van der Waals surface area contributed by atoms with Crippen LogP contribution < -0.4 is 0 Å². The molecule has 0 amide bonds. The summed E-state index contributed by atoms with van der Waals surface area (Å²) in [6, 6.07) is 7.23. The van der Waals surface area contributed by atoms with Gasteiger partial charge in [-0.25, -0.2) is 0 Å². The quantitative estimate of drug-likeness (QED) is 0.488. The lowest BCUT2D eigenvalue weighted by Gasteiger charge is -1.95. The molecule has 1 nitrogen and oxygen atoms in total. The first-order valence-corrected chi connectivity index (χ1v) is 3.67. The van der Waals surface area contributed by atoms with Crippen LogP contribution in [-0.4, -0.2) is 5.78 Å². The molecule has 0 unspecified atom stereocenters. The van der Waals surface area contributed by atoms with Crippen LogP contribution in [0.3, 0.4) is 0 Å². The van der Waals surface area contributed by atoms with Crippen LogP contribution in [0.2, 0.25) is 0 Å². The van der Waals surface area contributed by atoms with Gasteiger partial charge >= 0.3 is 0 Å². The van der Waals surface area contributed by atoms with Gasteiger partial charge in [-0.3, -0.25) is 4.79 Å². The molecule has 0 radical (unpaired) electrons. The van der Waals surface area contributed by atoms with Crippen LogP contribution in [0.1, 0.15) is 15.9 Å². The largest absolute Gasteiger partial charge is 0.289 e. The molecule has 0 aliphatic carbocycles. The summed E-state index contributed by atoms with van der Waals surface area (Å²) in [5, 5.41) is 0. The minimum Gasteiger partial charge on any atom is -0.289 e. The highest BCUT2D eigenvalue weighted by Gasteiger charge is 1.98. The molecular formula is C11H10O. The van der Waals surface area contributed by atoms with Crippen molar-refractivity contribution in [2.24, 2.45) is 0 Å². The number of hydrogen-bond donors (Lipinski definition) is 0. The molecule has 60 valence electrons. The Hall–Kier alpha value is -1.63. The van der Waals surface area contributed by atoms with Crippen molar-refractivity contribution < 1.29 is 4.79 Å². The first-order chi connectivity index (χ1) is 5.77. The van der Waals surface area contributed by atoms with E-state index in [2.05, 4.69) is 13.2 Å². The number of benzene rings is 1. The van der Waals surface area contributed by atoms with Gasteiger partial charge < -0.3 is 0 Å². The normalized spacial score (nSPS) is 9.00. The second-order valence-electron chi connectivity index (χ2n) is 2.39. The molecular weight excluding hydrogens is 148 g/mol. The van der Waals surface area contributed by atoms with Crippen LogP contribution in [0.4, 0.5) is 0 Å². The van der Waals surface area contributed by atoms with Crippen molar-refractivity contribution in [3.63, 3.8) is 0 Å².